The van der Waals surface area contributed by atoms with E-state index in [2.05, 4.69) is 327 Å². The molecule has 8 rings (SSSR count). The highest BCUT2D eigenvalue weighted by molar-refractivity contribution is 9.10. The van der Waals surface area contributed by atoms with Gasteiger partial charge in [0.2, 0.25) is 0 Å². The molecule has 1 aromatic heterocycles. The van der Waals surface area contributed by atoms with Crippen LogP contribution in [0.4, 0.5) is 0 Å². The average molecular weight is 1560 g/mol. The minimum atomic E-state index is 0.194. The molecule has 17 heteroatoms. The van der Waals surface area contributed by atoms with Gasteiger partial charge in [0.25, 0.3) is 0 Å². The fourth-order valence-electron chi connectivity index (χ4n) is 4.85. The molecule has 0 saturated heterocycles. The summed E-state index contributed by atoms with van der Waals surface area (Å²) in [5.41, 5.74) is 7.49. The van der Waals surface area contributed by atoms with Gasteiger partial charge in [0, 0.05) is 52.9 Å². The molecule has 0 radical (unpaired) electrons. The first-order chi connectivity index (χ1) is 42.1. The third-order valence-corrected chi connectivity index (χ3v) is 14.5. The zero-order valence-electron chi connectivity index (χ0n) is 54.5. The molecule has 1 nitrogen and oxygen atoms in total. The van der Waals surface area contributed by atoms with E-state index in [1.54, 1.807) is 6.26 Å². The zero-order chi connectivity index (χ0) is 68.9. The summed E-state index contributed by atoms with van der Waals surface area (Å²) in [7, 11) is 0. The number of fused-ring (bicyclic) bond motifs is 1. The zero-order valence-corrected chi connectivity index (χ0v) is 69.2. The summed E-state index contributed by atoms with van der Waals surface area (Å²) in [6.07, 6.45) is 5.07. The largest absolute Gasteiger partial charge is 0.468 e. The lowest BCUT2D eigenvalue weighted by atomic mass is 10.1. The summed E-state index contributed by atoms with van der Waals surface area (Å²) in [5.74, 6) is 9.38. The molecular weight excluding hydrogens is 1450 g/mol. The van der Waals surface area contributed by atoms with Gasteiger partial charge in [-0.15, -0.1) is 12.6 Å². The fraction of sp³-hybridized carbons (Fsp3) is 0.389. The Bertz CT molecular complexity index is 2570. The lowest BCUT2D eigenvalue weighted by molar-refractivity contribution is 0.531. The molecule has 0 aliphatic rings. The Kier molecular flexibility index (Phi) is 75.5. The molecule has 0 amide bonds. The van der Waals surface area contributed by atoms with Crippen molar-refractivity contribution < 1.29 is 4.42 Å². The molecule has 0 N–H and O–H groups in total. The normalized spacial score (nSPS) is 9.82. The number of aryl methyl sites for hydroxylation is 2. The van der Waals surface area contributed by atoms with Gasteiger partial charge in [-0.25, -0.2) is 0 Å². The third kappa shape index (κ3) is 73.4. The Morgan fingerprint density at radius 2 is 0.910 bits per heavy atom. The molecule has 0 spiro atoms. The molecular formula is C72H107BrCl2OS13. The Balaban J connectivity index is -0.000000291. The lowest BCUT2D eigenvalue weighted by Gasteiger charge is -2.04. The number of halogens is 3. The Hall–Kier alpha value is -0.310. The fourth-order valence-corrected chi connectivity index (χ4v) is 7.10. The smallest absolute Gasteiger partial charge is 0.113 e. The molecule has 1 heterocycles. The quantitative estimate of drug-likeness (QED) is 0.0613. The van der Waals surface area contributed by atoms with E-state index in [9.17, 15) is 0 Å². The van der Waals surface area contributed by atoms with Gasteiger partial charge in [0.1, 0.15) is 5.76 Å². The standard InChI is InChI=1S/C10H8S.2C8H10S.C7H7BrS.2C7H7ClS.C5H6OS.3C4H10S.2C3H8S.C2H6S/c11-10-6-5-8-3-1-2-4-9(8)7-10;1-7-2-4-8(6-9)5-3-7;9-7-6-8-4-2-1-3-5-8;2*8-7-3-1-6(5-9)2-4-7;8-7-4-2-1-3-6(7)5-9;7-4-5-2-1-3-6-5;1-4(2,3)5;1-4(2)3-5;1-3-4(2)5;1-3(2)4;1-2-3-4;1-2-3/h1-7,11H;2-5,9H,6H2,1H3;1-5,9H,6-7H2;3*1-4,9H,5H2;1-3,7H,4H2;5H,1-3H3;2*4-5H,3H2,1-2H3;3-4H,1-2H3;4H,2-3H2,1H3;3H,2H2,1H3. The molecule has 0 bridgehead atoms. The summed E-state index contributed by atoms with van der Waals surface area (Å²) in [5, 5.41) is 5.20. The maximum absolute atomic E-state index is 5.78. The van der Waals surface area contributed by atoms with Gasteiger partial charge < -0.3 is 4.42 Å². The number of benzene rings is 7. The molecule has 0 aliphatic heterocycles. The van der Waals surface area contributed by atoms with Crippen molar-refractivity contribution >= 4 is 214 Å². The van der Waals surface area contributed by atoms with Crippen LogP contribution in [0.1, 0.15) is 128 Å². The average Bonchev–Trinajstić information content (AvgIpc) is 4.16. The number of hydrogen-bond donors (Lipinski definition) is 13. The van der Waals surface area contributed by atoms with E-state index in [4.69, 9.17) is 27.6 Å². The van der Waals surface area contributed by atoms with Crippen molar-refractivity contribution in [1.29, 1.82) is 0 Å². The molecule has 0 aliphatic carbocycles. The van der Waals surface area contributed by atoms with Crippen LogP contribution >= 0.6 is 203 Å². The van der Waals surface area contributed by atoms with E-state index < -0.39 is 0 Å². The third-order valence-electron chi connectivity index (χ3n) is 9.51. The number of hydrogen-bond acceptors (Lipinski definition) is 14. The van der Waals surface area contributed by atoms with Crippen molar-refractivity contribution in [3.8, 4) is 0 Å². The number of rotatable bonds is 10. The Morgan fingerprint density at radius 1 is 0.506 bits per heavy atom. The molecule has 1 atom stereocenters. The van der Waals surface area contributed by atoms with Gasteiger partial charge in [-0.05, 0) is 159 Å². The number of furan rings is 1. The highest BCUT2D eigenvalue weighted by Gasteiger charge is 1.97. The van der Waals surface area contributed by atoms with Gasteiger partial charge in [0.15, 0.2) is 0 Å². The van der Waals surface area contributed by atoms with Crippen LogP contribution < -0.4 is 0 Å². The summed E-state index contributed by atoms with van der Waals surface area (Å²) in [6, 6.07) is 60.5. The van der Waals surface area contributed by atoms with Crippen LogP contribution in [-0.4, -0.2) is 38.3 Å². The predicted octanol–water partition coefficient (Wildman–Crippen LogP) is 26.4. The maximum atomic E-state index is 5.78. The first-order valence-corrected chi connectivity index (χ1v) is 38.4. The molecule has 89 heavy (non-hydrogen) atoms. The maximum Gasteiger partial charge on any atom is 0.113 e. The van der Waals surface area contributed by atoms with Crippen molar-refractivity contribution in [3.63, 3.8) is 0 Å². The van der Waals surface area contributed by atoms with Crippen LogP contribution in [0.15, 0.2) is 202 Å². The second-order valence-electron chi connectivity index (χ2n) is 20.3. The Morgan fingerprint density at radius 3 is 1.25 bits per heavy atom. The minimum Gasteiger partial charge on any atom is -0.468 e. The van der Waals surface area contributed by atoms with E-state index in [0.29, 0.717) is 22.0 Å². The molecule has 8 aromatic rings. The topological polar surface area (TPSA) is 13.1 Å². The second-order valence-corrected chi connectivity index (χ2v) is 29.3. The van der Waals surface area contributed by atoms with E-state index in [0.717, 1.165) is 83.3 Å². The highest BCUT2D eigenvalue weighted by atomic mass is 79.9. The molecule has 0 saturated carbocycles. The molecule has 1 unspecified atom stereocenters. The lowest BCUT2D eigenvalue weighted by Crippen LogP contribution is -1.99. The molecule has 7 aromatic carbocycles. The van der Waals surface area contributed by atoms with E-state index in [1.165, 1.54) is 51.4 Å². The summed E-state index contributed by atoms with van der Waals surface area (Å²) < 4.78 is 6.22. The van der Waals surface area contributed by atoms with Crippen molar-refractivity contribution in [2.24, 2.45) is 5.92 Å². The van der Waals surface area contributed by atoms with Gasteiger partial charge in [-0.2, -0.15) is 152 Å². The van der Waals surface area contributed by atoms with Gasteiger partial charge in [-0.3, -0.25) is 0 Å². The van der Waals surface area contributed by atoms with E-state index in [-0.39, 0.29) is 4.75 Å². The van der Waals surface area contributed by atoms with Crippen molar-refractivity contribution in [2.45, 2.75) is 151 Å². The van der Waals surface area contributed by atoms with Crippen LogP contribution in [0.25, 0.3) is 10.8 Å². The van der Waals surface area contributed by atoms with Gasteiger partial charge >= 0.3 is 0 Å². The molecule has 500 valence electrons. The van der Waals surface area contributed by atoms with Crippen LogP contribution in [0.5, 0.6) is 0 Å². The first kappa shape index (κ1) is 97.4. The van der Waals surface area contributed by atoms with Gasteiger partial charge in [0.05, 0.1) is 6.26 Å². The van der Waals surface area contributed by atoms with E-state index >= 15 is 0 Å². The minimum absolute atomic E-state index is 0.194. The van der Waals surface area contributed by atoms with Crippen LogP contribution in [0.3, 0.4) is 0 Å². The SMILES string of the molecule is CC(C)(C)S.CC(C)CS.CC(C)S.CCC(C)S.CCCS.CCS.Cc1ccc(CS)cc1.SCCc1ccccc1.SCc1ccc(Br)cc1.SCc1ccc(Cl)cc1.SCc1ccccc1Cl.SCc1ccco1.Sc1ccc2ccccc2c1. The summed E-state index contributed by atoms with van der Waals surface area (Å²) >= 11 is 67.5. The van der Waals surface area contributed by atoms with Crippen LogP contribution in [0.2, 0.25) is 10.0 Å². The first-order valence-electron chi connectivity index (χ1n) is 29.2. The van der Waals surface area contributed by atoms with Crippen LogP contribution in [-0.2, 0) is 35.2 Å². The monoisotopic (exact) mass is 1550 g/mol. The van der Waals surface area contributed by atoms with Crippen LogP contribution in [0, 0.1) is 12.8 Å². The summed E-state index contributed by atoms with van der Waals surface area (Å²) in [4.78, 5) is 1.02. The Labute approximate surface area is 633 Å². The summed E-state index contributed by atoms with van der Waals surface area (Å²) in [6.45, 7) is 24.9. The van der Waals surface area contributed by atoms with Crippen molar-refractivity contribution in [3.05, 3.63) is 242 Å². The molecule has 0 fully saturated rings. The van der Waals surface area contributed by atoms with Gasteiger partial charge in [-0.1, -0.05) is 248 Å². The number of thiol groups is 13. The van der Waals surface area contributed by atoms with Crippen molar-refractivity contribution in [1.82, 2.24) is 0 Å². The second kappa shape index (κ2) is 69.1. The van der Waals surface area contributed by atoms with E-state index in [1.807, 2.05) is 118 Å². The highest BCUT2D eigenvalue weighted by Crippen LogP contribution is 2.18. The van der Waals surface area contributed by atoms with Crippen molar-refractivity contribution in [2.75, 3.05) is 23.0 Å². The predicted molar refractivity (Wildman–Crippen MR) is 460 cm³/mol.